The highest BCUT2D eigenvalue weighted by Crippen LogP contribution is 2.20. The van der Waals surface area contributed by atoms with Crippen LogP contribution in [-0.4, -0.2) is 41.4 Å². The monoisotopic (exact) mass is 423 g/mol. The van der Waals surface area contributed by atoms with Crippen molar-refractivity contribution >= 4 is 5.91 Å². The van der Waals surface area contributed by atoms with Gasteiger partial charge in [-0.25, -0.2) is 4.98 Å². The normalized spacial score (nSPS) is 12.9. The molecule has 0 aliphatic heterocycles. The van der Waals surface area contributed by atoms with Crippen LogP contribution in [0.15, 0.2) is 36.7 Å². The molecule has 0 spiro atoms. The molecule has 2 rings (SSSR count). The van der Waals surface area contributed by atoms with Crippen molar-refractivity contribution in [2.24, 2.45) is 0 Å². The minimum Gasteiger partial charge on any atom is -0.484 e. The average Bonchev–Trinajstić information content (AvgIpc) is 2.64. The van der Waals surface area contributed by atoms with Crippen LogP contribution in [0.5, 0.6) is 11.6 Å². The van der Waals surface area contributed by atoms with Crippen LogP contribution in [0.4, 0.5) is 26.3 Å². The van der Waals surface area contributed by atoms with Crippen LogP contribution < -0.4 is 14.8 Å². The highest BCUT2D eigenvalue weighted by molar-refractivity contribution is 5.94. The van der Waals surface area contributed by atoms with Crippen LogP contribution in [0, 0.1) is 0 Å². The lowest BCUT2D eigenvalue weighted by Gasteiger charge is -2.15. The van der Waals surface area contributed by atoms with Crippen molar-refractivity contribution in [1.82, 2.24) is 15.3 Å². The van der Waals surface area contributed by atoms with Gasteiger partial charge in [0.25, 0.3) is 5.91 Å². The van der Waals surface area contributed by atoms with Gasteiger partial charge in [-0.2, -0.15) is 26.3 Å². The van der Waals surface area contributed by atoms with Crippen molar-refractivity contribution < 1.29 is 40.6 Å². The largest absolute Gasteiger partial charge is 0.484 e. The van der Waals surface area contributed by atoms with Gasteiger partial charge in [0.1, 0.15) is 5.75 Å². The number of nitrogens with zero attached hydrogens (tertiary/aromatic N) is 2. The van der Waals surface area contributed by atoms with E-state index < -0.39 is 37.5 Å². The second kappa shape index (κ2) is 8.97. The summed E-state index contributed by atoms with van der Waals surface area (Å²) in [5.74, 6) is -1.08. The Hall–Kier alpha value is -3.05. The maximum atomic E-state index is 12.3. The molecule has 0 fully saturated rings. The molecular formula is C17H15F6N3O3. The number of carbonyl (C=O) groups is 1. The number of hydrogen-bond donors (Lipinski definition) is 1. The second-order valence-corrected chi connectivity index (χ2v) is 5.81. The number of ether oxygens (including phenoxy) is 2. The third kappa shape index (κ3) is 7.84. The van der Waals surface area contributed by atoms with E-state index in [-0.39, 0.29) is 22.9 Å². The van der Waals surface area contributed by atoms with Crippen molar-refractivity contribution in [2.75, 3.05) is 13.2 Å². The van der Waals surface area contributed by atoms with Gasteiger partial charge in [0.2, 0.25) is 5.88 Å². The fourth-order valence-electron chi connectivity index (χ4n) is 2.03. The Kier molecular flexibility index (Phi) is 6.88. The van der Waals surface area contributed by atoms with Gasteiger partial charge in [-0.3, -0.25) is 9.78 Å². The molecule has 1 N–H and O–H groups in total. The molecule has 0 aliphatic carbocycles. The number of amides is 1. The van der Waals surface area contributed by atoms with E-state index in [2.05, 4.69) is 24.8 Å². The molecule has 0 saturated carbocycles. The summed E-state index contributed by atoms with van der Waals surface area (Å²) in [4.78, 5) is 19.8. The SMILES string of the molecule is CC(NC(=O)c1cccc(OCC(F)(F)F)c1)c1cnc(OCC(F)(F)F)cn1. The summed E-state index contributed by atoms with van der Waals surface area (Å²) < 4.78 is 82.0. The van der Waals surface area contributed by atoms with Crippen LogP contribution >= 0.6 is 0 Å². The van der Waals surface area contributed by atoms with E-state index in [1.807, 2.05) is 0 Å². The Balaban J connectivity index is 1.96. The maximum Gasteiger partial charge on any atom is 0.422 e. The van der Waals surface area contributed by atoms with E-state index in [0.717, 1.165) is 18.5 Å². The summed E-state index contributed by atoms with van der Waals surface area (Å²) in [7, 11) is 0. The summed E-state index contributed by atoms with van der Waals surface area (Å²) in [5.41, 5.74) is 0.289. The number of carbonyl (C=O) groups excluding carboxylic acids is 1. The molecule has 29 heavy (non-hydrogen) atoms. The van der Waals surface area contributed by atoms with E-state index in [1.165, 1.54) is 18.2 Å². The number of aromatic nitrogens is 2. The molecule has 1 atom stereocenters. The first kappa shape index (κ1) is 22.2. The lowest BCUT2D eigenvalue weighted by Crippen LogP contribution is -2.27. The zero-order valence-corrected chi connectivity index (χ0v) is 14.8. The van der Waals surface area contributed by atoms with E-state index in [4.69, 9.17) is 0 Å². The number of benzene rings is 1. The zero-order valence-electron chi connectivity index (χ0n) is 14.8. The van der Waals surface area contributed by atoms with E-state index in [9.17, 15) is 31.1 Å². The van der Waals surface area contributed by atoms with E-state index in [0.29, 0.717) is 0 Å². The van der Waals surface area contributed by atoms with Gasteiger partial charge in [-0.05, 0) is 25.1 Å². The molecule has 0 bridgehead atoms. The molecule has 0 aliphatic rings. The summed E-state index contributed by atoms with van der Waals surface area (Å²) in [5, 5.41) is 2.55. The smallest absolute Gasteiger partial charge is 0.422 e. The first-order valence-corrected chi connectivity index (χ1v) is 8.05. The number of halogens is 6. The second-order valence-electron chi connectivity index (χ2n) is 5.81. The van der Waals surface area contributed by atoms with Crippen molar-refractivity contribution in [3.63, 3.8) is 0 Å². The van der Waals surface area contributed by atoms with Gasteiger partial charge >= 0.3 is 12.4 Å². The fraction of sp³-hybridized carbons (Fsp3) is 0.353. The minimum absolute atomic E-state index is 0.0506. The first-order chi connectivity index (χ1) is 13.4. The molecule has 6 nitrogen and oxygen atoms in total. The highest BCUT2D eigenvalue weighted by Gasteiger charge is 2.29. The Morgan fingerprint density at radius 1 is 1.03 bits per heavy atom. The van der Waals surface area contributed by atoms with E-state index >= 15 is 0 Å². The number of nitrogens with one attached hydrogen (secondary N) is 1. The summed E-state index contributed by atoms with van der Waals surface area (Å²) in [6, 6.07) is 4.47. The van der Waals surface area contributed by atoms with Gasteiger partial charge in [-0.1, -0.05) is 6.07 Å². The number of alkyl halides is 6. The van der Waals surface area contributed by atoms with Gasteiger partial charge in [-0.15, -0.1) is 0 Å². The lowest BCUT2D eigenvalue weighted by atomic mass is 10.1. The molecule has 1 aromatic carbocycles. The predicted molar refractivity (Wildman–Crippen MR) is 87.5 cm³/mol. The highest BCUT2D eigenvalue weighted by atomic mass is 19.4. The molecule has 0 radical (unpaired) electrons. The minimum atomic E-state index is -4.51. The average molecular weight is 423 g/mol. The maximum absolute atomic E-state index is 12.3. The van der Waals surface area contributed by atoms with Gasteiger partial charge < -0.3 is 14.8 Å². The Labute approximate surface area is 160 Å². The molecule has 1 heterocycles. The predicted octanol–water partition coefficient (Wildman–Crippen LogP) is 3.85. The van der Waals surface area contributed by atoms with E-state index in [1.54, 1.807) is 6.92 Å². The first-order valence-electron chi connectivity index (χ1n) is 8.05. The van der Waals surface area contributed by atoms with Crippen LogP contribution in [0.1, 0.15) is 29.0 Å². The molecule has 1 amide bonds. The van der Waals surface area contributed by atoms with Crippen LogP contribution in [-0.2, 0) is 0 Å². The van der Waals surface area contributed by atoms with Crippen LogP contribution in [0.25, 0.3) is 0 Å². The summed E-state index contributed by atoms with van der Waals surface area (Å²) in [6.07, 6.45) is -6.91. The molecule has 158 valence electrons. The number of rotatable bonds is 7. The standard InChI is InChI=1S/C17H15F6N3O3/c1-10(13-6-25-14(7-24-13)29-9-17(21,22)23)26-15(27)11-3-2-4-12(5-11)28-8-16(18,19)20/h2-7,10H,8-9H2,1H3,(H,26,27). The molecule has 1 unspecified atom stereocenters. The molecule has 0 saturated heterocycles. The Morgan fingerprint density at radius 2 is 1.69 bits per heavy atom. The van der Waals surface area contributed by atoms with Crippen LogP contribution in [0.2, 0.25) is 0 Å². The van der Waals surface area contributed by atoms with Crippen LogP contribution in [0.3, 0.4) is 0 Å². The quantitative estimate of drug-likeness (QED) is 0.685. The van der Waals surface area contributed by atoms with Gasteiger partial charge in [0.15, 0.2) is 13.2 Å². The fourth-order valence-corrected chi connectivity index (χ4v) is 2.03. The summed E-state index contributed by atoms with van der Waals surface area (Å²) in [6.45, 7) is -1.46. The molecule has 2 aromatic rings. The number of hydrogen-bond acceptors (Lipinski definition) is 5. The lowest BCUT2D eigenvalue weighted by molar-refractivity contribution is -0.154. The third-order valence-corrected chi connectivity index (χ3v) is 3.32. The Morgan fingerprint density at radius 3 is 2.28 bits per heavy atom. The van der Waals surface area contributed by atoms with Crippen molar-refractivity contribution in [2.45, 2.75) is 25.3 Å². The molecule has 1 aromatic heterocycles. The Bertz CT molecular complexity index is 824. The summed E-state index contributed by atoms with van der Waals surface area (Å²) >= 11 is 0. The van der Waals surface area contributed by atoms with Crippen molar-refractivity contribution in [1.29, 1.82) is 0 Å². The topological polar surface area (TPSA) is 73.3 Å². The zero-order chi connectivity index (χ0) is 21.7. The van der Waals surface area contributed by atoms with Gasteiger partial charge in [0.05, 0.1) is 24.1 Å². The van der Waals surface area contributed by atoms with Gasteiger partial charge in [0, 0.05) is 5.56 Å². The molecular weight excluding hydrogens is 408 g/mol. The van der Waals surface area contributed by atoms with Crippen molar-refractivity contribution in [3.05, 3.63) is 47.9 Å². The van der Waals surface area contributed by atoms with Crippen molar-refractivity contribution in [3.8, 4) is 11.6 Å². The molecule has 12 heteroatoms. The third-order valence-electron chi connectivity index (χ3n) is 3.32.